The monoisotopic (exact) mass is 449 g/mol. The fourth-order valence-corrected chi connectivity index (χ4v) is 4.46. The smallest absolute Gasteiger partial charge is 0.407 e. The maximum Gasteiger partial charge on any atom is 0.407 e. The van der Waals surface area contributed by atoms with E-state index in [-0.39, 0.29) is 12.5 Å². The van der Waals surface area contributed by atoms with E-state index in [9.17, 15) is 14.7 Å². The molecule has 0 saturated heterocycles. The van der Waals surface area contributed by atoms with Gasteiger partial charge in [-0.25, -0.2) is 9.59 Å². The topological polar surface area (TPSA) is 75.6 Å². The molecule has 0 radical (unpaired) electrons. The average molecular weight is 450 g/mol. The Hall–Kier alpha value is -3.31. The van der Waals surface area contributed by atoms with E-state index in [1.165, 1.54) is 0 Å². The number of nitrogens with one attached hydrogen (secondary N) is 1. The molecule has 6 heteroatoms. The third kappa shape index (κ3) is 4.94. The molecule has 0 bridgehead atoms. The first-order chi connectivity index (χ1) is 15.5. The molecule has 0 spiro atoms. The van der Waals surface area contributed by atoms with E-state index in [0.29, 0.717) is 24.3 Å². The van der Waals surface area contributed by atoms with Crippen molar-refractivity contribution in [1.82, 2.24) is 5.32 Å². The molecule has 3 aromatic carbocycles. The third-order valence-electron chi connectivity index (χ3n) is 5.78. The highest BCUT2D eigenvalue weighted by atomic mass is 35.5. The fourth-order valence-electron chi connectivity index (χ4n) is 4.24. The van der Waals surface area contributed by atoms with Crippen molar-refractivity contribution in [1.29, 1.82) is 0 Å². The number of hydrogen-bond donors (Lipinski definition) is 2. The molecule has 4 rings (SSSR count). The summed E-state index contributed by atoms with van der Waals surface area (Å²) in [6.07, 6.45) is 0.853. The number of carbonyl (C=O) groups is 2. The first kappa shape index (κ1) is 21.9. The summed E-state index contributed by atoms with van der Waals surface area (Å²) < 4.78 is 5.47. The predicted molar refractivity (Wildman–Crippen MR) is 124 cm³/mol. The van der Waals surface area contributed by atoms with E-state index in [4.69, 9.17) is 16.3 Å². The largest absolute Gasteiger partial charge is 0.480 e. The highest BCUT2D eigenvalue weighted by molar-refractivity contribution is 6.30. The summed E-state index contributed by atoms with van der Waals surface area (Å²) in [6, 6.07) is 22.6. The minimum Gasteiger partial charge on any atom is -0.480 e. The van der Waals surface area contributed by atoms with Gasteiger partial charge in [0.05, 0.1) is 0 Å². The van der Waals surface area contributed by atoms with Crippen LogP contribution in [0.4, 0.5) is 4.79 Å². The van der Waals surface area contributed by atoms with Crippen LogP contribution in [0.5, 0.6) is 0 Å². The molecule has 2 N–H and O–H groups in total. The van der Waals surface area contributed by atoms with E-state index >= 15 is 0 Å². The van der Waals surface area contributed by atoms with Gasteiger partial charge in [0.15, 0.2) is 0 Å². The maximum absolute atomic E-state index is 12.4. The van der Waals surface area contributed by atoms with E-state index < -0.39 is 18.1 Å². The van der Waals surface area contributed by atoms with Gasteiger partial charge in [-0.3, -0.25) is 0 Å². The Morgan fingerprint density at radius 2 is 1.62 bits per heavy atom. The number of carboxylic acid groups (broad SMARTS) is 1. The Morgan fingerprint density at radius 3 is 2.25 bits per heavy atom. The van der Waals surface area contributed by atoms with Crippen LogP contribution in [0.15, 0.2) is 72.8 Å². The van der Waals surface area contributed by atoms with Crippen molar-refractivity contribution in [3.05, 3.63) is 94.5 Å². The number of ether oxygens (including phenoxy) is 1. The summed E-state index contributed by atoms with van der Waals surface area (Å²) in [5.74, 6) is -1.15. The lowest BCUT2D eigenvalue weighted by Gasteiger charge is -2.17. The number of amides is 1. The zero-order chi connectivity index (χ0) is 22.5. The van der Waals surface area contributed by atoms with E-state index in [2.05, 4.69) is 17.4 Å². The molecule has 5 nitrogen and oxygen atoms in total. The minimum absolute atomic E-state index is 0.0701. The van der Waals surface area contributed by atoms with Gasteiger partial charge in [-0.05, 0) is 59.2 Å². The molecule has 0 aromatic heterocycles. The Balaban J connectivity index is 1.34. The fraction of sp³-hybridized carbons (Fsp3) is 0.231. The normalized spacial score (nSPS) is 13.2. The molecule has 0 aliphatic heterocycles. The van der Waals surface area contributed by atoms with Gasteiger partial charge >= 0.3 is 12.1 Å². The molecule has 0 heterocycles. The van der Waals surface area contributed by atoms with Crippen LogP contribution in [0.25, 0.3) is 11.1 Å². The molecule has 164 valence electrons. The number of halogens is 1. The Morgan fingerprint density at radius 1 is 0.969 bits per heavy atom. The second-order valence-electron chi connectivity index (χ2n) is 7.88. The van der Waals surface area contributed by atoms with E-state index in [1.54, 1.807) is 6.07 Å². The van der Waals surface area contributed by atoms with Gasteiger partial charge < -0.3 is 15.2 Å². The summed E-state index contributed by atoms with van der Waals surface area (Å²) in [5.41, 5.74) is 5.53. The number of alkyl carbamates (subject to hydrolysis) is 1. The van der Waals surface area contributed by atoms with Gasteiger partial charge in [0.2, 0.25) is 0 Å². The summed E-state index contributed by atoms with van der Waals surface area (Å²) >= 11 is 5.99. The molecule has 1 aliphatic rings. The van der Waals surface area contributed by atoms with E-state index in [0.717, 1.165) is 27.8 Å². The van der Waals surface area contributed by atoms with Gasteiger partial charge in [-0.1, -0.05) is 72.3 Å². The summed E-state index contributed by atoms with van der Waals surface area (Å²) in [4.78, 5) is 24.0. The highest BCUT2D eigenvalue weighted by Gasteiger charge is 2.29. The lowest BCUT2D eigenvalue weighted by atomic mass is 9.98. The molecule has 0 unspecified atom stereocenters. The Kier molecular flexibility index (Phi) is 6.76. The molecule has 1 aliphatic carbocycles. The van der Waals surface area contributed by atoms with Gasteiger partial charge in [0.25, 0.3) is 0 Å². The first-order valence-corrected chi connectivity index (χ1v) is 11.0. The number of carboxylic acids is 1. The zero-order valence-electron chi connectivity index (χ0n) is 17.5. The maximum atomic E-state index is 12.4. The average Bonchev–Trinajstić information content (AvgIpc) is 3.11. The van der Waals surface area contributed by atoms with Crippen molar-refractivity contribution in [2.24, 2.45) is 0 Å². The number of aliphatic carboxylic acids is 1. The van der Waals surface area contributed by atoms with Crippen LogP contribution in [-0.4, -0.2) is 29.8 Å². The van der Waals surface area contributed by atoms with E-state index in [1.807, 2.05) is 54.6 Å². The standard InChI is InChI=1S/C26H24ClNO4/c27-18-9-5-7-17(15-18)8-6-14-24(25(29)30)28-26(31)32-16-23-21-12-3-1-10-19(21)20-11-2-4-13-22(20)23/h1-5,7,9-13,15,23-24H,6,8,14,16H2,(H,28,31)(H,29,30)/t24-/m0/s1. The van der Waals surface area contributed by atoms with Gasteiger partial charge in [-0.2, -0.15) is 0 Å². The number of fused-ring (bicyclic) bond motifs is 3. The Bertz CT molecular complexity index is 1080. The Labute approximate surface area is 192 Å². The predicted octanol–water partition coefficient (Wildman–Crippen LogP) is 5.65. The van der Waals surface area contributed by atoms with Crippen molar-refractivity contribution in [3.63, 3.8) is 0 Å². The van der Waals surface area contributed by atoms with Gasteiger partial charge in [0.1, 0.15) is 12.6 Å². The number of hydrogen-bond acceptors (Lipinski definition) is 3. The van der Waals surface area contributed by atoms with Crippen molar-refractivity contribution >= 4 is 23.7 Å². The second-order valence-corrected chi connectivity index (χ2v) is 8.32. The molecule has 1 atom stereocenters. The molecule has 32 heavy (non-hydrogen) atoms. The van der Waals surface area contributed by atoms with Crippen LogP contribution < -0.4 is 5.32 Å². The minimum atomic E-state index is -1.08. The quantitative estimate of drug-likeness (QED) is 0.465. The van der Waals surface area contributed by atoms with Crippen molar-refractivity contribution in [2.75, 3.05) is 6.61 Å². The van der Waals surface area contributed by atoms with Gasteiger partial charge in [-0.15, -0.1) is 0 Å². The SMILES string of the molecule is O=C(N[C@@H](CCCc1cccc(Cl)c1)C(=O)O)OCC1c2ccccc2-c2ccccc21. The molecular weight excluding hydrogens is 426 g/mol. The van der Waals surface area contributed by atoms with Crippen LogP contribution in [0.3, 0.4) is 0 Å². The van der Waals surface area contributed by atoms with Crippen molar-refractivity contribution in [3.8, 4) is 11.1 Å². The molecule has 0 fully saturated rings. The van der Waals surface area contributed by atoms with Crippen LogP contribution in [0, 0.1) is 0 Å². The molecule has 3 aromatic rings. The highest BCUT2D eigenvalue weighted by Crippen LogP contribution is 2.44. The lowest BCUT2D eigenvalue weighted by molar-refractivity contribution is -0.139. The lowest BCUT2D eigenvalue weighted by Crippen LogP contribution is -2.41. The van der Waals surface area contributed by atoms with Crippen LogP contribution >= 0.6 is 11.6 Å². The summed E-state index contributed by atoms with van der Waals surface area (Å²) in [7, 11) is 0. The number of aryl methyl sites for hydroxylation is 1. The third-order valence-corrected chi connectivity index (χ3v) is 6.02. The van der Waals surface area contributed by atoms with Crippen LogP contribution in [-0.2, 0) is 16.0 Å². The van der Waals surface area contributed by atoms with Gasteiger partial charge in [0, 0.05) is 10.9 Å². The second kappa shape index (κ2) is 9.88. The summed E-state index contributed by atoms with van der Waals surface area (Å²) in [5, 5.41) is 12.7. The van der Waals surface area contributed by atoms with Crippen LogP contribution in [0.2, 0.25) is 5.02 Å². The summed E-state index contributed by atoms with van der Waals surface area (Å²) in [6.45, 7) is 0.148. The first-order valence-electron chi connectivity index (χ1n) is 10.6. The zero-order valence-corrected chi connectivity index (χ0v) is 18.2. The van der Waals surface area contributed by atoms with Crippen molar-refractivity contribution in [2.45, 2.75) is 31.2 Å². The van der Waals surface area contributed by atoms with Crippen LogP contribution in [0.1, 0.15) is 35.4 Å². The molecule has 0 saturated carbocycles. The number of rotatable bonds is 8. The number of carbonyl (C=O) groups excluding carboxylic acids is 1. The molecule has 1 amide bonds. The molecular formula is C26H24ClNO4. The van der Waals surface area contributed by atoms with Crippen molar-refractivity contribution < 1.29 is 19.4 Å². The number of benzene rings is 3.